The van der Waals surface area contributed by atoms with Crippen LogP contribution in [0, 0.1) is 0 Å². The van der Waals surface area contributed by atoms with Crippen molar-refractivity contribution in [3.63, 3.8) is 0 Å². The van der Waals surface area contributed by atoms with Crippen LogP contribution >= 0.6 is 0 Å². The molecule has 1 aromatic heterocycles. The number of nitrogens with one attached hydrogen (secondary N) is 2. The largest absolute Gasteiger partial charge is 0.465 e. The molecule has 35 heavy (non-hydrogen) atoms. The van der Waals surface area contributed by atoms with Gasteiger partial charge in [0, 0.05) is 38.8 Å². The van der Waals surface area contributed by atoms with Gasteiger partial charge >= 0.3 is 17.8 Å². The van der Waals surface area contributed by atoms with E-state index in [1.807, 2.05) is 12.1 Å². The van der Waals surface area contributed by atoms with E-state index < -0.39 is 23.4 Å². The molecular formula is C23H28N6O6. The van der Waals surface area contributed by atoms with Crippen LogP contribution in [0.15, 0.2) is 41.3 Å². The molecule has 3 rings (SSSR count). The summed E-state index contributed by atoms with van der Waals surface area (Å²) in [5.41, 5.74) is -0.252. The predicted octanol–water partition coefficient (Wildman–Crippen LogP) is 1.09. The molecule has 12 heteroatoms. The number of piperazine rings is 1. The molecule has 3 N–H and O–H groups in total. The van der Waals surface area contributed by atoms with E-state index in [1.165, 1.54) is 40.5 Å². The third-order valence-corrected chi connectivity index (χ3v) is 5.61. The smallest absolute Gasteiger partial charge is 0.405 e. The molecule has 0 aliphatic carbocycles. The molecular weight excluding hydrogens is 456 g/mol. The molecule has 0 saturated carbocycles. The fourth-order valence-corrected chi connectivity index (χ4v) is 3.74. The van der Waals surface area contributed by atoms with Crippen LogP contribution in [0.5, 0.6) is 0 Å². The summed E-state index contributed by atoms with van der Waals surface area (Å²) in [7, 11) is 0. The Morgan fingerprint density at radius 2 is 1.69 bits per heavy atom. The SMILES string of the molecule is CC(C)(NC(=O)O)C(=O)N1CCN(C(=O)Nc2ccn(-c3ccc(CCC=O)cc3)c(=O)n2)CC1. The lowest BCUT2D eigenvalue weighted by atomic mass is 10.0. The molecule has 0 bridgehead atoms. The summed E-state index contributed by atoms with van der Waals surface area (Å²) in [5, 5.41) is 13.7. The summed E-state index contributed by atoms with van der Waals surface area (Å²) in [6.07, 6.45) is 2.14. The van der Waals surface area contributed by atoms with Crippen LogP contribution in [-0.2, 0) is 16.0 Å². The second kappa shape index (κ2) is 10.8. The number of carboxylic acid groups (broad SMARTS) is 1. The number of benzene rings is 1. The summed E-state index contributed by atoms with van der Waals surface area (Å²) < 4.78 is 1.34. The fourth-order valence-electron chi connectivity index (χ4n) is 3.74. The van der Waals surface area contributed by atoms with Crippen molar-refractivity contribution < 1.29 is 24.3 Å². The average Bonchev–Trinajstić information content (AvgIpc) is 2.82. The summed E-state index contributed by atoms with van der Waals surface area (Å²) >= 11 is 0. The number of carbonyl (C=O) groups excluding carboxylic acids is 3. The fraction of sp³-hybridized carbons (Fsp3) is 0.391. The van der Waals surface area contributed by atoms with Gasteiger partial charge in [-0.1, -0.05) is 12.1 Å². The van der Waals surface area contributed by atoms with Crippen molar-refractivity contribution in [1.82, 2.24) is 24.7 Å². The van der Waals surface area contributed by atoms with Crippen molar-refractivity contribution in [3.05, 3.63) is 52.6 Å². The number of aryl methyl sites for hydroxylation is 1. The number of anilines is 1. The van der Waals surface area contributed by atoms with Crippen LogP contribution < -0.4 is 16.3 Å². The highest BCUT2D eigenvalue weighted by atomic mass is 16.4. The van der Waals surface area contributed by atoms with Crippen LogP contribution in [0.2, 0.25) is 0 Å². The maximum Gasteiger partial charge on any atom is 0.405 e. The number of hydrogen-bond acceptors (Lipinski definition) is 6. The summed E-state index contributed by atoms with van der Waals surface area (Å²) in [6.45, 7) is 3.95. The van der Waals surface area contributed by atoms with Crippen molar-refractivity contribution >= 4 is 30.1 Å². The summed E-state index contributed by atoms with van der Waals surface area (Å²) in [6, 6.07) is 8.25. The van der Waals surface area contributed by atoms with Crippen molar-refractivity contribution in [1.29, 1.82) is 0 Å². The van der Waals surface area contributed by atoms with E-state index >= 15 is 0 Å². The van der Waals surface area contributed by atoms with Crippen molar-refractivity contribution in [2.45, 2.75) is 32.2 Å². The maximum absolute atomic E-state index is 12.6. The lowest BCUT2D eigenvalue weighted by molar-refractivity contribution is -0.138. The Morgan fingerprint density at radius 3 is 2.26 bits per heavy atom. The van der Waals surface area contributed by atoms with E-state index in [0.29, 0.717) is 18.5 Å². The third-order valence-electron chi connectivity index (χ3n) is 5.61. The second-order valence-electron chi connectivity index (χ2n) is 8.60. The molecule has 2 aromatic rings. The Balaban J connectivity index is 1.57. The minimum atomic E-state index is -1.29. The topological polar surface area (TPSA) is 154 Å². The molecule has 0 radical (unpaired) electrons. The average molecular weight is 485 g/mol. The zero-order chi connectivity index (χ0) is 25.6. The Morgan fingerprint density at radius 1 is 1.06 bits per heavy atom. The highest BCUT2D eigenvalue weighted by Gasteiger charge is 2.35. The predicted molar refractivity (Wildman–Crippen MR) is 127 cm³/mol. The zero-order valence-electron chi connectivity index (χ0n) is 19.6. The molecule has 1 saturated heterocycles. The first-order valence-electron chi connectivity index (χ1n) is 11.1. The molecule has 0 spiro atoms. The van der Waals surface area contributed by atoms with Crippen LogP contribution in [-0.4, -0.2) is 80.5 Å². The molecule has 1 fully saturated rings. The second-order valence-corrected chi connectivity index (χ2v) is 8.60. The van der Waals surface area contributed by atoms with E-state index in [4.69, 9.17) is 5.11 Å². The quantitative estimate of drug-likeness (QED) is 0.497. The van der Waals surface area contributed by atoms with E-state index in [2.05, 4.69) is 15.6 Å². The third kappa shape index (κ3) is 6.43. The van der Waals surface area contributed by atoms with Gasteiger partial charge in [0.15, 0.2) is 0 Å². The van der Waals surface area contributed by atoms with E-state index in [0.717, 1.165) is 11.8 Å². The van der Waals surface area contributed by atoms with Crippen LogP contribution in [0.4, 0.5) is 15.4 Å². The van der Waals surface area contributed by atoms with Gasteiger partial charge in [0.05, 0.1) is 5.69 Å². The van der Waals surface area contributed by atoms with Crippen LogP contribution in [0.1, 0.15) is 25.8 Å². The molecule has 1 aliphatic rings. The monoisotopic (exact) mass is 484 g/mol. The molecule has 4 amide bonds. The number of hydrogen-bond donors (Lipinski definition) is 3. The van der Waals surface area contributed by atoms with Crippen LogP contribution in [0.25, 0.3) is 5.69 Å². The minimum Gasteiger partial charge on any atom is -0.465 e. The van der Waals surface area contributed by atoms with Crippen molar-refractivity contribution in [3.8, 4) is 5.69 Å². The van der Waals surface area contributed by atoms with Crippen molar-refractivity contribution in [2.24, 2.45) is 0 Å². The number of carbonyl (C=O) groups is 4. The molecule has 186 valence electrons. The van der Waals surface area contributed by atoms with E-state index in [9.17, 15) is 24.0 Å². The minimum absolute atomic E-state index is 0.101. The number of nitrogens with zero attached hydrogens (tertiary/aromatic N) is 4. The lowest BCUT2D eigenvalue weighted by Gasteiger charge is -2.38. The number of rotatable bonds is 7. The van der Waals surface area contributed by atoms with Gasteiger partial charge in [-0.05, 0) is 44.0 Å². The molecule has 0 unspecified atom stereocenters. The first-order valence-corrected chi connectivity index (χ1v) is 11.1. The molecule has 0 atom stereocenters. The first kappa shape index (κ1) is 25.4. The van der Waals surface area contributed by atoms with Crippen LogP contribution in [0.3, 0.4) is 0 Å². The first-order chi connectivity index (χ1) is 16.6. The van der Waals surface area contributed by atoms with Gasteiger partial charge in [-0.2, -0.15) is 4.98 Å². The van der Waals surface area contributed by atoms with E-state index in [-0.39, 0.29) is 37.9 Å². The zero-order valence-corrected chi connectivity index (χ0v) is 19.6. The van der Waals surface area contributed by atoms with Gasteiger partial charge < -0.3 is 25.0 Å². The normalized spacial score (nSPS) is 13.8. The van der Waals surface area contributed by atoms with Gasteiger partial charge in [0.1, 0.15) is 17.6 Å². The highest BCUT2D eigenvalue weighted by Crippen LogP contribution is 2.13. The number of aromatic nitrogens is 2. The summed E-state index contributed by atoms with van der Waals surface area (Å²) in [5.74, 6) is -0.272. The Kier molecular flexibility index (Phi) is 7.84. The van der Waals surface area contributed by atoms with E-state index in [1.54, 1.807) is 12.1 Å². The maximum atomic E-state index is 12.6. The van der Waals surface area contributed by atoms with Gasteiger partial charge in [-0.15, -0.1) is 0 Å². The number of amides is 4. The highest BCUT2D eigenvalue weighted by molar-refractivity contribution is 5.90. The molecule has 1 aromatic carbocycles. The lowest BCUT2D eigenvalue weighted by Crippen LogP contribution is -2.60. The van der Waals surface area contributed by atoms with Gasteiger partial charge in [0.25, 0.3) is 0 Å². The number of aldehydes is 1. The standard InChI is InChI=1S/C23H28N6O6/c1-23(2,26-22(34)35)19(31)27-11-13-28(14-12-27)20(32)24-18-9-10-29(21(33)25-18)17-7-5-16(6-8-17)4-3-15-30/h5-10,15,26H,3-4,11-14H2,1-2H3,(H,34,35)(H,24,25,32,33). The number of urea groups is 1. The molecule has 1 aliphatic heterocycles. The Bertz CT molecular complexity index is 1150. The Hall–Kier alpha value is -4.22. The van der Waals surface area contributed by atoms with Crippen molar-refractivity contribution in [2.75, 3.05) is 31.5 Å². The Labute approximate surface area is 201 Å². The van der Waals surface area contributed by atoms with Gasteiger partial charge in [-0.3, -0.25) is 14.7 Å². The summed E-state index contributed by atoms with van der Waals surface area (Å²) in [4.78, 5) is 66.1. The van der Waals surface area contributed by atoms with Gasteiger partial charge in [-0.25, -0.2) is 14.4 Å². The molecule has 2 heterocycles. The van der Waals surface area contributed by atoms with Gasteiger partial charge in [0.2, 0.25) is 5.91 Å². The molecule has 12 nitrogen and oxygen atoms in total.